The molecule has 0 radical (unpaired) electrons. The van der Waals surface area contributed by atoms with Crippen LogP contribution in [0.15, 0.2) is 0 Å². The van der Waals surface area contributed by atoms with E-state index in [2.05, 4.69) is 0 Å². The van der Waals surface area contributed by atoms with Gasteiger partial charge in [0.05, 0.1) is 7.05 Å². The van der Waals surface area contributed by atoms with Crippen molar-refractivity contribution in [2.45, 2.75) is 6.92 Å². The van der Waals surface area contributed by atoms with E-state index < -0.39 is 5.03 Å². The number of nitrogens with zero attached hydrogens (tertiary/aromatic N) is 3. The molecule has 0 saturated heterocycles. The number of hydrogen-bond acceptors (Lipinski definition) is 4. The van der Waals surface area contributed by atoms with Gasteiger partial charge in [-0.2, -0.15) is 0 Å². The Bertz CT molecular complexity index is 164. The molecule has 0 aromatic rings. The first-order chi connectivity index (χ1) is 5.45. The molecule has 0 atom stereocenters. The molecule has 0 aliphatic carbocycles. The molecule has 7 nitrogen and oxygen atoms in total. The molecular formula is C5H11N3O4. The maximum absolute atomic E-state index is 10.5. The lowest BCUT2D eigenvalue weighted by atomic mass is 10.7. The fraction of sp³-hybridized carbons (Fsp3) is 0.800. The second-order valence-electron chi connectivity index (χ2n) is 2.17. The Morgan fingerprint density at radius 1 is 1.58 bits per heavy atom. The van der Waals surface area contributed by atoms with Crippen LogP contribution in [-0.2, 0) is 9.63 Å². The van der Waals surface area contributed by atoms with Gasteiger partial charge in [-0.05, 0) is 0 Å². The lowest BCUT2D eigenvalue weighted by Gasteiger charge is -2.15. The van der Waals surface area contributed by atoms with Crippen LogP contribution in [0.5, 0.6) is 0 Å². The van der Waals surface area contributed by atoms with Crippen molar-refractivity contribution in [1.82, 2.24) is 10.1 Å². The molecule has 70 valence electrons. The highest BCUT2D eigenvalue weighted by Gasteiger charge is 2.09. The topological polar surface area (TPSA) is 75.9 Å². The predicted octanol–water partition coefficient (Wildman–Crippen LogP) is -0.523. The Balaban J connectivity index is 3.68. The van der Waals surface area contributed by atoms with Gasteiger partial charge < -0.3 is 0 Å². The maximum Gasteiger partial charge on any atom is 0.242 e. The first-order valence-corrected chi connectivity index (χ1v) is 3.17. The van der Waals surface area contributed by atoms with Crippen LogP contribution in [0, 0.1) is 10.1 Å². The minimum Gasteiger partial charge on any atom is -0.273 e. The third-order valence-electron chi connectivity index (χ3n) is 1.16. The Labute approximate surface area is 69.6 Å². The molecule has 0 aliphatic heterocycles. The van der Waals surface area contributed by atoms with Crippen molar-refractivity contribution in [2.24, 2.45) is 0 Å². The first-order valence-electron chi connectivity index (χ1n) is 3.17. The van der Waals surface area contributed by atoms with E-state index in [1.165, 1.54) is 21.0 Å². The summed E-state index contributed by atoms with van der Waals surface area (Å²) in [5.74, 6) is -0.313. The molecule has 0 saturated carbocycles. The number of hydrogen-bond donors (Lipinski definition) is 0. The van der Waals surface area contributed by atoms with Crippen LogP contribution in [0.25, 0.3) is 0 Å². The van der Waals surface area contributed by atoms with Crippen LogP contribution >= 0.6 is 0 Å². The number of carbonyl (C=O) groups excluding carboxylic acids is 1. The summed E-state index contributed by atoms with van der Waals surface area (Å²) < 4.78 is 0. The molecule has 0 rings (SSSR count). The van der Waals surface area contributed by atoms with E-state index in [0.29, 0.717) is 0 Å². The van der Waals surface area contributed by atoms with Crippen LogP contribution in [0.3, 0.4) is 0 Å². The normalized spacial score (nSPS) is 9.25. The summed E-state index contributed by atoms with van der Waals surface area (Å²) in [5, 5.41) is 11.1. The van der Waals surface area contributed by atoms with Gasteiger partial charge in [0.2, 0.25) is 12.6 Å². The van der Waals surface area contributed by atoms with E-state index in [4.69, 9.17) is 4.84 Å². The van der Waals surface area contributed by atoms with Crippen molar-refractivity contribution in [1.29, 1.82) is 0 Å². The molecule has 7 heteroatoms. The van der Waals surface area contributed by atoms with Gasteiger partial charge in [-0.15, -0.1) is 5.01 Å². The molecule has 0 fully saturated rings. The monoisotopic (exact) mass is 177 g/mol. The fourth-order valence-corrected chi connectivity index (χ4v) is 0.308. The van der Waals surface area contributed by atoms with Crippen LogP contribution < -0.4 is 0 Å². The van der Waals surface area contributed by atoms with Gasteiger partial charge in [-0.1, -0.05) is 0 Å². The number of amides is 1. The molecule has 0 aromatic heterocycles. The van der Waals surface area contributed by atoms with E-state index in [9.17, 15) is 14.9 Å². The molecule has 0 N–H and O–H groups in total. The number of hydroxylamine groups is 2. The van der Waals surface area contributed by atoms with Crippen molar-refractivity contribution >= 4 is 5.91 Å². The zero-order valence-electron chi connectivity index (χ0n) is 7.18. The van der Waals surface area contributed by atoms with Gasteiger partial charge in [0.25, 0.3) is 0 Å². The van der Waals surface area contributed by atoms with Crippen LogP contribution in [-0.4, -0.2) is 41.8 Å². The largest absolute Gasteiger partial charge is 0.273 e. The lowest BCUT2D eigenvalue weighted by Crippen LogP contribution is -2.34. The number of rotatable bonds is 4. The van der Waals surface area contributed by atoms with Crippen molar-refractivity contribution in [2.75, 3.05) is 20.8 Å². The van der Waals surface area contributed by atoms with E-state index in [0.717, 1.165) is 10.1 Å². The fourth-order valence-electron chi connectivity index (χ4n) is 0.308. The molecule has 0 spiro atoms. The maximum atomic E-state index is 10.5. The highest BCUT2D eigenvalue weighted by Crippen LogP contribution is 1.89. The van der Waals surface area contributed by atoms with Crippen LogP contribution in [0.2, 0.25) is 0 Å². The van der Waals surface area contributed by atoms with E-state index >= 15 is 0 Å². The zero-order valence-corrected chi connectivity index (χ0v) is 7.18. The summed E-state index contributed by atoms with van der Waals surface area (Å²) in [5.41, 5.74) is 0. The summed E-state index contributed by atoms with van der Waals surface area (Å²) in [6, 6.07) is 0. The molecule has 0 heterocycles. The van der Waals surface area contributed by atoms with Crippen LogP contribution in [0.1, 0.15) is 6.92 Å². The molecule has 1 amide bonds. The van der Waals surface area contributed by atoms with Crippen molar-refractivity contribution in [3.05, 3.63) is 10.1 Å². The average Bonchev–Trinajstić information content (AvgIpc) is 1.98. The number of carbonyl (C=O) groups is 1. The highest BCUT2D eigenvalue weighted by molar-refractivity contribution is 5.71. The summed E-state index contributed by atoms with van der Waals surface area (Å²) in [6.07, 6.45) is 0. The van der Waals surface area contributed by atoms with Gasteiger partial charge >= 0.3 is 0 Å². The number of nitro groups is 1. The van der Waals surface area contributed by atoms with E-state index in [-0.39, 0.29) is 12.6 Å². The van der Waals surface area contributed by atoms with Gasteiger partial charge in [-0.3, -0.25) is 4.79 Å². The zero-order chi connectivity index (χ0) is 9.72. The summed E-state index contributed by atoms with van der Waals surface area (Å²) in [6.45, 7) is 1.04. The predicted molar refractivity (Wildman–Crippen MR) is 39.2 cm³/mol. The molecule has 0 bridgehead atoms. The van der Waals surface area contributed by atoms with Crippen molar-refractivity contribution in [3.63, 3.8) is 0 Å². The Kier molecular flexibility index (Phi) is 3.98. The molecular weight excluding hydrogens is 166 g/mol. The first kappa shape index (κ1) is 10.6. The van der Waals surface area contributed by atoms with E-state index in [1.54, 1.807) is 0 Å². The minimum absolute atomic E-state index is 0.261. The minimum atomic E-state index is -0.631. The third kappa shape index (κ3) is 3.71. The summed E-state index contributed by atoms with van der Waals surface area (Å²) >= 11 is 0. The molecule has 0 aliphatic rings. The van der Waals surface area contributed by atoms with Crippen LogP contribution in [0.4, 0.5) is 0 Å². The van der Waals surface area contributed by atoms with Gasteiger partial charge in [0, 0.05) is 14.0 Å². The van der Waals surface area contributed by atoms with Gasteiger partial charge in [0.15, 0.2) is 5.03 Å². The second-order valence-corrected chi connectivity index (χ2v) is 2.17. The average molecular weight is 177 g/mol. The SMILES string of the molecule is CC(=O)N(C)OCN(C)[N+](=O)[O-]. The summed E-state index contributed by atoms with van der Waals surface area (Å²) in [4.78, 5) is 25.3. The van der Waals surface area contributed by atoms with E-state index in [1.807, 2.05) is 0 Å². The third-order valence-corrected chi connectivity index (χ3v) is 1.16. The Hall–Kier alpha value is -1.37. The van der Waals surface area contributed by atoms with Crippen molar-refractivity contribution < 1.29 is 14.7 Å². The van der Waals surface area contributed by atoms with Gasteiger partial charge in [0.1, 0.15) is 0 Å². The molecule has 0 aromatic carbocycles. The molecule has 0 unspecified atom stereocenters. The highest BCUT2D eigenvalue weighted by atomic mass is 16.7. The smallest absolute Gasteiger partial charge is 0.242 e. The second kappa shape index (κ2) is 4.50. The van der Waals surface area contributed by atoms with Crippen molar-refractivity contribution in [3.8, 4) is 0 Å². The Morgan fingerprint density at radius 3 is 2.42 bits per heavy atom. The van der Waals surface area contributed by atoms with Gasteiger partial charge in [-0.25, -0.2) is 20.0 Å². The lowest BCUT2D eigenvalue weighted by molar-refractivity contribution is -0.660. The Morgan fingerprint density at radius 2 is 2.08 bits per heavy atom. The molecule has 12 heavy (non-hydrogen) atoms. The summed E-state index contributed by atoms with van der Waals surface area (Å²) in [7, 11) is 2.63. The quantitative estimate of drug-likeness (QED) is 0.328. The standard InChI is InChI=1S/C5H11N3O4/c1-5(9)7(3)12-4-6(2)8(10)11/h4H2,1-3H3. The number of hydrazine groups is 1.